The van der Waals surface area contributed by atoms with Crippen molar-refractivity contribution in [2.45, 2.75) is 12.5 Å². The molecule has 1 aromatic rings. The molecule has 0 aliphatic carbocycles. The minimum Gasteiger partial charge on any atom is -0.480 e. The highest BCUT2D eigenvalue weighted by atomic mass is 79.9. The Morgan fingerprint density at radius 3 is 2.79 bits per heavy atom. The summed E-state index contributed by atoms with van der Waals surface area (Å²) in [6.07, 6.45) is -0.119. The third-order valence-corrected chi connectivity index (χ3v) is 3.10. The molecule has 5 nitrogen and oxygen atoms in total. The minimum absolute atomic E-state index is 0.119. The van der Waals surface area contributed by atoms with Crippen molar-refractivity contribution in [3.8, 4) is 0 Å². The topological polar surface area (TPSA) is 75.6 Å². The van der Waals surface area contributed by atoms with Crippen molar-refractivity contribution in [1.82, 2.24) is 5.32 Å². The average molecular weight is 334 g/mol. The van der Waals surface area contributed by atoms with Crippen LogP contribution in [0.4, 0.5) is 4.39 Å². The van der Waals surface area contributed by atoms with Crippen molar-refractivity contribution in [2.24, 2.45) is 0 Å². The predicted octanol–water partition coefficient (Wildman–Crippen LogP) is 1.35. The van der Waals surface area contributed by atoms with E-state index in [1.54, 1.807) is 0 Å². The van der Waals surface area contributed by atoms with Gasteiger partial charge in [0.1, 0.15) is 5.82 Å². The molecule has 104 valence electrons. The normalized spacial score (nSPS) is 11.9. The summed E-state index contributed by atoms with van der Waals surface area (Å²) in [5.74, 6) is -2.16. The van der Waals surface area contributed by atoms with Crippen LogP contribution >= 0.6 is 15.9 Å². The van der Waals surface area contributed by atoms with E-state index < -0.39 is 23.7 Å². The van der Waals surface area contributed by atoms with Crippen LogP contribution in [0.3, 0.4) is 0 Å². The molecular weight excluding hydrogens is 321 g/mol. The van der Waals surface area contributed by atoms with Gasteiger partial charge in [-0.05, 0) is 23.8 Å². The summed E-state index contributed by atoms with van der Waals surface area (Å²) in [6, 6.07) is 2.85. The van der Waals surface area contributed by atoms with E-state index in [1.165, 1.54) is 25.3 Å². The number of hydrogen-bond donors (Lipinski definition) is 2. The summed E-state index contributed by atoms with van der Waals surface area (Å²) >= 11 is 3.20. The van der Waals surface area contributed by atoms with E-state index in [0.717, 1.165) is 0 Å². The molecule has 0 saturated heterocycles. The third kappa shape index (κ3) is 4.96. The molecule has 1 unspecified atom stereocenters. The highest BCUT2D eigenvalue weighted by Gasteiger charge is 2.20. The van der Waals surface area contributed by atoms with Crippen LogP contribution in [0.1, 0.15) is 5.56 Å². The Bertz CT molecular complexity index is 481. The quantitative estimate of drug-likeness (QED) is 0.823. The van der Waals surface area contributed by atoms with Gasteiger partial charge in [-0.1, -0.05) is 15.9 Å². The number of ether oxygens (including phenoxy) is 1. The number of halogens is 2. The second-order valence-electron chi connectivity index (χ2n) is 3.83. The van der Waals surface area contributed by atoms with Gasteiger partial charge in [0.2, 0.25) is 5.91 Å². The molecule has 0 aliphatic heterocycles. The van der Waals surface area contributed by atoms with E-state index in [4.69, 9.17) is 9.84 Å². The smallest absolute Gasteiger partial charge is 0.328 e. The lowest BCUT2D eigenvalue weighted by atomic mass is 10.1. The van der Waals surface area contributed by atoms with E-state index >= 15 is 0 Å². The summed E-state index contributed by atoms with van der Waals surface area (Å²) in [5.41, 5.74) is 0.444. The minimum atomic E-state index is -1.19. The lowest BCUT2D eigenvalue weighted by Crippen LogP contribution is -2.44. The van der Waals surface area contributed by atoms with Crippen molar-refractivity contribution in [3.05, 3.63) is 34.1 Å². The highest BCUT2D eigenvalue weighted by Crippen LogP contribution is 2.18. The molecule has 7 heteroatoms. The van der Waals surface area contributed by atoms with Gasteiger partial charge >= 0.3 is 5.97 Å². The van der Waals surface area contributed by atoms with Crippen molar-refractivity contribution in [3.63, 3.8) is 0 Å². The van der Waals surface area contributed by atoms with Crippen molar-refractivity contribution in [1.29, 1.82) is 0 Å². The Hall–Kier alpha value is -1.47. The van der Waals surface area contributed by atoms with Crippen molar-refractivity contribution < 1.29 is 23.8 Å². The van der Waals surface area contributed by atoms with E-state index in [2.05, 4.69) is 21.2 Å². The zero-order valence-electron chi connectivity index (χ0n) is 10.2. The van der Waals surface area contributed by atoms with Crippen LogP contribution in [0.15, 0.2) is 22.7 Å². The lowest BCUT2D eigenvalue weighted by Gasteiger charge is -2.13. The monoisotopic (exact) mass is 333 g/mol. The molecule has 2 N–H and O–H groups in total. The molecule has 1 rings (SSSR count). The first kappa shape index (κ1) is 15.6. The molecule has 0 aliphatic rings. The number of nitrogens with one attached hydrogen (secondary N) is 1. The maximum absolute atomic E-state index is 13.0. The van der Waals surface area contributed by atoms with Gasteiger partial charge < -0.3 is 15.2 Å². The SMILES string of the molecule is COCC(NC(=O)Cc1cc(F)ccc1Br)C(=O)O. The van der Waals surface area contributed by atoms with E-state index in [9.17, 15) is 14.0 Å². The molecule has 0 bridgehead atoms. The predicted molar refractivity (Wildman–Crippen MR) is 69.2 cm³/mol. The molecule has 0 saturated carbocycles. The molecule has 0 heterocycles. The van der Waals surface area contributed by atoms with Gasteiger partial charge in [0.25, 0.3) is 0 Å². The number of carbonyl (C=O) groups is 2. The van der Waals surface area contributed by atoms with E-state index in [0.29, 0.717) is 10.0 Å². The summed E-state index contributed by atoms with van der Waals surface area (Å²) in [6.45, 7) is -0.134. The molecular formula is C12H13BrFNO4. The molecule has 0 fully saturated rings. The second kappa shape index (κ2) is 7.20. The van der Waals surface area contributed by atoms with Crippen LogP contribution in [0.5, 0.6) is 0 Å². The first-order valence-electron chi connectivity index (χ1n) is 5.39. The van der Waals surface area contributed by atoms with Gasteiger partial charge in [-0.3, -0.25) is 4.79 Å². The van der Waals surface area contributed by atoms with Crippen LogP contribution in [0, 0.1) is 5.82 Å². The van der Waals surface area contributed by atoms with Gasteiger partial charge in [-0.25, -0.2) is 9.18 Å². The van der Waals surface area contributed by atoms with Crippen LogP contribution < -0.4 is 5.32 Å². The van der Waals surface area contributed by atoms with Crippen LogP contribution in [-0.4, -0.2) is 36.7 Å². The number of amides is 1. The Balaban J connectivity index is 2.68. The van der Waals surface area contributed by atoms with Gasteiger partial charge in [0.15, 0.2) is 6.04 Å². The Labute approximate surface area is 117 Å². The van der Waals surface area contributed by atoms with Gasteiger partial charge in [-0.15, -0.1) is 0 Å². The fourth-order valence-electron chi connectivity index (χ4n) is 1.44. The maximum Gasteiger partial charge on any atom is 0.328 e. The summed E-state index contributed by atoms with van der Waals surface area (Å²) in [7, 11) is 1.34. The standard InChI is InChI=1S/C12H13BrFNO4/c1-19-6-10(12(17)18)15-11(16)5-7-4-8(14)2-3-9(7)13/h2-4,10H,5-6H2,1H3,(H,15,16)(H,17,18). The van der Waals surface area contributed by atoms with Crippen LogP contribution in [0.2, 0.25) is 0 Å². The zero-order valence-corrected chi connectivity index (χ0v) is 11.7. The summed E-state index contributed by atoms with van der Waals surface area (Å²) in [4.78, 5) is 22.5. The Morgan fingerprint density at radius 1 is 1.53 bits per heavy atom. The fourth-order valence-corrected chi connectivity index (χ4v) is 1.83. The molecule has 19 heavy (non-hydrogen) atoms. The number of carboxylic acid groups (broad SMARTS) is 1. The molecule has 1 amide bonds. The summed E-state index contributed by atoms with van der Waals surface area (Å²) < 4.78 is 18.3. The summed E-state index contributed by atoms with van der Waals surface area (Å²) in [5, 5.41) is 11.2. The van der Waals surface area contributed by atoms with Gasteiger partial charge in [0.05, 0.1) is 13.0 Å². The average Bonchev–Trinajstić information content (AvgIpc) is 2.33. The lowest BCUT2D eigenvalue weighted by molar-refractivity contribution is -0.143. The maximum atomic E-state index is 13.0. The Kier molecular flexibility index (Phi) is 5.91. The first-order chi connectivity index (χ1) is 8.93. The number of carbonyl (C=O) groups excluding carboxylic acids is 1. The van der Waals surface area contributed by atoms with E-state index in [-0.39, 0.29) is 13.0 Å². The second-order valence-corrected chi connectivity index (χ2v) is 4.68. The largest absolute Gasteiger partial charge is 0.480 e. The highest BCUT2D eigenvalue weighted by molar-refractivity contribution is 9.10. The number of carboxylic acids is 1. The first-order valence-corrected chi connectivity index (χ1v) is 6.18. The number of methoxy groups -OCH3 is 1. The van der Waals surface area contributed by atoms with Gasteiger partial charge in [-0.2, -0.15) is 0 Å². The molecule has 0 radical (unpaired) electrons. The third-order valence-electron chi connectivity index (χ3n) is 2.33. The molecule has 1 aromatic carbocycles. The molecule has 1 atom stereocenters. The number of aliphatic carboxylic acids is 1. The van der Waals surface area contributed by atoms with Crippen LogP contribution in [-0.2, 0) is 20.7 Å². The molecule has 0 spiro atoms. The Morgan fingerprint density at radius 2 is 2.21 bits per heavy atom. The van der Waals surface area contributed by atoms with E-state index in [1.807, 2.05) is 0 Å². The zero-order chi connectivity index (χ0) is 14.4. The number of rotatable bonds is 6. The van der Waals surface area contributed by atoms with Crippen molar-refractivity contribution >= 4 is 27.8 Å². The van der Waals surface area contributed by atoms with Crippen LogP contribution in [0.25, 0.3) is 0 Å². The fraction of sp³-hybridized carbons (Fsp3) is 0.333. The molecule has 0 aromatic heterocycles. The number of benzene rings is 1. The van der Waals surface area contributed by atoms with Gasteiger partial charge in [0, 0.05) is 11.6 Å². The number of hydrogen-bond acceptors (Lipinski definition) is 3. The van der Waals surface area contributed by atoms with Crippen molar-refractivity contribution in [2.75, 3.05) is 13.7 Å².